The number of carbonyl (C=O) groups is 1. The summed E-state index contributed by atoms with van der Waals surface area (Å²) >= 11 is 0. The van der Waals surface area contributed by atoms with Gasteiger partial charge in [0.25, 0.3) is 0 Å². The topological polar surface area (TPSA) is 58.6 Å². The van der Waals surface area contributed by atoms with Crippen LogP contribution in [0.3, 0.4) is 0 Å². The van der Waals surface area contributed by atoms with Crippen molar-refractivity contribution < 1.29 is 27.8 Å². The Hall–Kier alpha value is -1.76. The van der Waals surface area contributed by atoms with Crippen molar-refractivity contribution >= 4 is 11.8 Å². The van der Waals surface area contributed by atoms with E-state index in [1.807, 2.05) is 0 Å². The van der Waals surface area contributed by atoms with Crippen molar-refractivity contribution in [2.45, 2.75) is 52.5 Å². The van der Waals surface area contributed by atoms with E-state index in [4.69, 9.17) is 4.74 Å². The molecule has 7 heteroatoms. The normalized spacial score (nSPS) is 13.7. The van der Waals surface area contributed by atoms with Gasteiger partial charge in [0.1, 0.15) is 5.60 Å². The Bertz CT molecular complexity index is 539. The lowest BCUT2D eigenvalue weighted by atomic mass is 10.0. The number of amides is 1. The van der Waals surface area contributed by atoms with Gasteiger partial charge in [-0.15, -0.1) is 0 Å². The zero-order valence-corrected chi connectivity index (χ0v) is 13.1. The van der Waals surface area contributed by atoms with Gasteiger partial charge < -0.3 is 9.84 Å². The Labute approximate surface area is 127 Å². The number of ether oxygens (including phenoxy) is 1. The first-order chi connectivity index (χ1) is 9.81. The number of rotatable bonds is 2. The van der Waals surface area contributed by atoms with Crippen molar-refractivity contribution in [3.63, 3.8) is 0 Å². The predicted octanol–water partition coefficient (Wildman–Crippen LogP) is 4.25. The van der Waals surface area contributed by atoms with Crippen molar-refractivity contribution in [3.05, 3.63) is 28.8 Å². The first-order valence-electron chi connectivity index (χ1n) is 6.67. The van der Waals surface area contributed by atoms with Gasteiger partial charge in [0, 0.05) is 5.69 Å². The van der Waals surface area contributed by atoms with E-state index < -0.39 is 24.0 Å². The van der Waals surface area contributed by atoms with Crippen LogP contribution in [0, 0.1) is 13.8 Å². The molecule has 0 spiro atoms. The zero-order chi connectivity index (χ0) is 17.3. The van der Waals surface area contributed by atoms with Crippen LogP contribution in [0.2, 0.25) is 0 Å². The second-order valence-electron chi connectivity index (χ2n) is 6.10. The number of aryl methyl sites for hydroxylation is 2. The molecule has 0 aliphatic rings. The highest BCUT2D eigenvalue weighted by molar-refractivity contribution is 5.87. The maximum absolute atomic E-state index is 12.6. The fourth-order valence-corrected chi connectivity index (χ4v) is 1.95. The van der Waals surface area contributed by atoms with Crippen LogP contribution in [-0.2, 0) is 4.74 Å². The molecule has 1 unspecified atom stereocenters. The Morgan fingerprint density at radius 3 is 2.00 bits per heavy atom. The molecule has 0 aromatic heterocycles. The van der Waals surface area contributed by atoms with Crippen LogP contribution >= 0.6 is 0 Å². The number of hydrogen-bond donors (Lipinski definition) is 2. The quantitative estimate of drug-likeness (QED) is 0.857. The van der Waals surface area contributed by atoms with Gasteiger partial charge in [-0.2, -0.15) is 13.2 Å². The van der Waals surface area contributed by atoms with Gasteiger partial charge in [0.05, 0.1) is 0 Å². The number of carbonyl (C=O) groups excluding carboxylic acids is 1. The molecule has 1 atom stereocenters. The summed E-state index contributed by atoms with van der Waals surface area (Å²) in [4.78, 5) is 11.7. The van der Waals surface area contributed by atoms with Crippen LogP contribution in [0.1, 0.15) is 43.6 Å². The third kappa shape index (κ3) is 4.91. The number of nitrogens with one attached hydrogen (secondary N) is 1. The van der Waals surface area contributed by atoms with Crippen LogP contribution in [0.15, 0.2) is 12.1 Å². The summed E-state index contributed by atoms with van der Waals surface area (Å²) in [7, 11) is 0. The monoisotopic (exact) mass is 319 g/mol. The van der Waals surface area contributed by atoms with E-state index in [-0.39, 0.29) is 5.56 Å². The molecule has 0 fully saturated rings. The summed E-state index contributed by atoms with van der Waals surface area (Å²) in [6.07, 6.45) is -7.98. The lowest BCUT2D eigenvalue weighted by Gasteiger charge is -2.22. The van der Waals surface area contributed by atoms with Crippen molar-refractivity contribution in [1.29, 1.82) is 0 Å². The lowest BCUT2D eigenvalue weighted by Crippen LogP contribution is -2.27. The minimum atomic E-state index is -4.74. The Balaban J connectivity index is 3.03. The van der Waals surface area contributed by atoms with E-state index in [2.05, 4.69) is 5.32 Å². The Morgan fingerprint density at radius 2 is 1.64 bits per heavy atom. The molecular formula is C15H20F3NO3. The molecule has 0 aliphatic carbocycles. The first kappa shape index (κ1) is 18.3. The van der Waals surface area contributed by atoms with E-state index in [0.29, 0.717) is 16.8 Å². The zero-order valence-electron chi connectivity index (χ0n) is 13.1. The van der Waals surface area contributed by atoms with Gasteiger partial charge in [-0.05, 0) is 51.3 Å². The summed E-state index contributed by atoms with van der Waals surface area (Å²) in [5.74, 6) is 0. The SMILES string of the molecule is Cc1cc(C(O)C(F)(F)F)cc(C)c1NC(=O)OC(C)(C)C. The molecule has 0 radical (unpaired) electrons. The smallest absolute Gasteiger partial charge is 0.418 e. The van der Waals surface area contributed by atoms with E-state index in [1.54, 1.807) is 34.6 Å². The number of anilines is 1. The van der Waals surface area contributed by atoms with Gasteiger partial charge in [0.2, 0.25) is 0 Å². The van der Waals surface area contributed by atoms with Crippen molar-refractivity contribution in [3.8, 4) is 0 Å². The van der Waals surface area contributed by atoms with Crippen molar-refractivity contribution in [1.82, 2.24) is 0 Å². The summed E-state index contributed by atoms with van der Waals surface area (Å²) in [6.45, 7) is 8.21. The first-order valence-corrected chi connectivity index (χ1v) is 6.67. The van der Waals surface area contributed by atoms with Crippen LogP contribution < -0.4 is 5.32 Å². The summed E-state index contributed by atoms with van der Waals surface area (Å²) < 4.78 is 42.8. The third-order valence-electron chi connectivity index (χ3n) is 2.81. The molecule has 2 N–H and O–H groups in total. The van der Waals surface area contributed by atoms with Crippen LogP contribution in [0.25, 0.3) is 0 Å². The molecule has 1 rings (SSSR count). The van der Waals surface area contributed by atoms with Gasteiger partial charge in [-0.1, -0.05) is 12.1 Å². The van der Waals surface area contributed by atoms with Crippen molar-refractivity contribution in [2.24, 2.45) is 0 Å². The summed E-state index contributed by atoms with van der Waals surface area (Å²) in [5, 5.41) is 11.8. The van der Waals surface area contributed by atoms with E-state index >= 15 is 0 Å². The van der Waals surface area contributed by atoms with Crippen molar-refractivity contribution in [2.75, 3.05) is 5.32 Å². The number of aliphatic hydroxyl groups is 1. The molecule has 0 saturated carbocycles. The maximum atomic E-state index is 12.6. The average molecular weight is 319 g/mol. The van der Waals surface area contributed by atoms with E-state index in [0.717, 1.165) is 0 Å². The van der Waals surface area contributed by atoms with Gasteiger partial charge >= 0.3 is 12.3 Å². The van der Waals surface area contributed by atoms with E-state index in [1.165, 1.54) is 12.1 Å². The minimum absolute atomic E-state index is 0.266. The minimum Gasteiger partial charge on any atom is -0.444 e. The van der Waals surface area contributed by atoms with Gasteiger partial charge in [-0.3, -0.25) is 5.32 Å². The molecule has 124 valence electrons. The molecule has 0 heterocycles. The molecule has 1 aromatic rings. The number of alkyl halides is 3. The fraction of sp³-hybridized carbons (Fsp3) is 0.533. The molecule has 22 heavy (non-hydrogen) atoms. The number of hydrogen-bond acceptors (Lipinski definition) is 3. The largest absolute Gasteiger partial charge is 0.444 e. The molecule has 0 saturated heterocycles. The second kappa shape index (κ2) is 6.16. The summed E-state index contributed by atoms with van der Waals surface area (Å²) in [6, 6.07) is 2.38. The number of halogens is 3. The summed E-state index contributed by atoms with van der Waals surface area (Å²) in [5.41, 5.74) is 0.233. The van der Waals surface area contributed by atoms with E-state index in [9.17, 15) is 23.1 Å². The lowest BCUT2D eigenvalue weighted by molar-refractivity contribution is -0.206. The number of aliphatic hydroxyl groups excluding tert-OH is 1. The standard InChI is InChI=1S/C15H20F3NO3/c1-8-6-10(12(20)15(16,17)18)7-9(2)11(8)19-13(21)22-14(3,4)5/h6-7,12,20H,1-5H3,(H,19,21). The second-order valence-corrected chi connectivity index (χ2v) is 6.10. The molecule has 1 aromatic carbocycles. The molecule has 1 amide bonds. The average Bonchev–Trinajstić information content (AvgIpc) is 2.29. The molecule has 0 bridgehead atoms. The third-order valence-corrected chi connectivity index (χ3v) is 2.81. The van der Waals surface area contributed by atoms with Crippen LogP contribution in [0.5, 0.6) is 0 Å². The highest BCUT2D eigenvalue weighted by Gasteiger charge is 2.39. The van der Waals surface area contributed by atoms with Crippen LogP contribution in [-0.4, -0.2) is 23.0 Å². The Morgan fingerprint density at radius 1 is 1.18 bits per heavy atom. The predicted molar refractivity (Wildman–Crippen MR) is 76.8 cm³/mol. The fourth-order valence-electron chi connectivity index (χ4n) is 1.95. The Kier molecular flexibility index (Phi) is 5.12. The highest BCUT2D eigenvalue weighted by atomic mass is 19.4. The molecule has 4 nitrogen and oxygen atoms in total. The number of benzene rings is 1. The molecular weight excluding hydrogens is 299 g/mol. The highest BCUT2D eigenvalue weighted by Crippen LogP contribution is 2.35. The maximum Gasteiger partial charge on any atom is 0.418 e. The van der Waals surface area contributed by atoms with Crippen LogP contribution in [0.4, 0.5) is 23.7 Å². The molecule has 0 aliphatic heterocycles. The van der Waals surface area contributed by atoms with Gasteiger partial charge in [0.15, 0.2) is 6.10 Å². The van der Waals surface area contributed by atoms with Gasteiger partial charge in [-0.25, -0.2) is 4.79 Å².